The molecule has 3 aromatic rings. The maximum Gasteiger partial charge on any atom is 0.325 e. The average Bonchev–Trinajstić information content (AvgIpc) is 3.13. The highest BCUT2D eigenvalue weighted by Crippen LogP contribution is 2.33. The Kier molecular flexibility index (Phi) is 5.19. The van der Waals surface area contributed by atoms with Crippen molar-refractivity contribution >= 4 is 38.8 Å². The summed E-state index contributed by atoms with van der Waals surface area (Å²) in [6, 6.07) is 4.93. The molecule has 1 fully saturated rings. The van der Waals surface area contributed by atoms with Crippen molar-refractivity contribution in [3.05, 3.63) is 46.8 Å². The van der Waals surface area contributed by atoms with Crippen molar-refractivity contribution in [2.45, 2.75) is 6.04 Å². The lowest BCUT2D eigenvalue weighted by atomic mass is 10.0. The molecule has 8 nitrogen and oxygen atoms in total. The van der Waals surface area contributed by atoms with Crippen LogP contribution in [0.15, 0.2) is 41.3 Å². The van der Waals surface area contributed by atoms with E-state index in [-0.39, 0.29) is 0 Å². The van der Waals surface area contributed by atoms with Crippen molar-refractivity contribution < 1.29 is 14.6 Å². The van der Waals surface area contributed by atoms with Gasteiger partial charge in [-0.15, -0.1) is 0 Å². The highest BCUT2D eigenvalue weighted by atomic mass is 79.9. The number of H-pyrrole nitrogens is 1. The lowest BCUT2D eigenvalue weighted by molar-refractivity contribution is -0.143. The molecule has 1 atom stereocenters. The van der Waals surface area contributed by atoms with Crippen LogP contribution >= 0.6 is 15.9 Å². The quantitative estimate of drug-likeness (QED) is 0.623. The summed E-state index contributed by atoms with van der Waals surface area (Å²) < 4.78 is 6.21. The Balaban J connectivity index is 1.57. The number of nitrogens with one attached hydrogen (secondary N) is 1. The van der Waals surface area contributed by atoms with Crippen molar-refractivity contribution in [3.63, 3.8) is 0 Å². The molecule has 2 N–H and O–H groups in total. The molecule has 1 aliphatic rings. The zero-order valence-corrected chi connectivity index (χ0v) is 16.9. The second-order valence-electron chi connectivity index (χ2n) is 6.59. The highest BCUT2D eigenvalue weighted by Gasteiger charge is 2.32. The van der Waals surface area contributed by atoms with E-state index >= 15 is 0 Å². The fraction of sp³-hybridized carbons (Fsp3) is 0.316. The predicted molar refractivity (Wildman–Crippen MR) is 109 cm³/mol. The standard InChI is InChI=1S/C19H20BrN5O3/c1-28-15-4-2-3-13-14(11-21-16(13)15)17(18(26)27)24-5-7-25(8-6-24)19-22-9-12(20)10-23-19/h2-4,9-11,17,21H,5-8H2,1H3,(H,26,27)/t17-/m1/s1. The molecule has 4 rings (SSSR count). The molecule has 1 saturated heterocycles. The number of methoxy groups -OCH3 is 1. The number of para-hydroxylation sites is 1. The van der Waals surface area contributed by atoms with Gasteiger partial charge in [0.2, 0.25) is 5.95 Å². The smallest absolute Gasteiger partial charge is 0.325 e. The van der Waals surface area contributed by atoms with Gasteiger partial charge in [0, 0.05) is 55.7 Å². The third kappa shape index (κ3) is 3.43. The minimum absolute atomic E-state index is 0.604. The molecule has 0 spiro atoms. The van der Waals surface area contributed by atoms with Gasteiger partial charge in [0.25, 0.3) is 0 Å². The van der Waals surface area contributed by atoms with Gasteiger partial charge >= 0.3 is 5.97 Å². The first-order valence-corrected chi connectivity index (χ1v) is 9.71. The number of hydrogen-bond acceptors (Lipinski definition) is 6. The highest BCUT2D eigenvalue weighted by molar-refractivity contribution is 9.10. The number of carboxylic acid groups (broad SMARTS) is 1. The number of nitrogens with zero attached hydrogens (tertiary/aromatic N) is 4. The number of aromatic amines is 1. The van der Waals surface area contributed by atoms with E-state index < -0.39 is 12.0 Å². The summed E-state index contributed by atoms with van der Waals surface area (Å²) in [6.07, 6.45) is 5.21. The van der Waals surface area contributed by atoms with Crippen LogP contribution in [-0.4, -0.2) is 64.2 Å². The zero-order chi connectivity index (χ0) is 19.7. The summed E-state index contributed by atoms with van der Waals surface area (Å²) in [7, 11) is 1.60. The lowest BCUT2D eigenvalue weighted by Gasteiger charge is -2.37. The van der Waals surface area contributed by atoms with Crippen LogP contribution < -0.4 is 9.64 Å². The number of rotatable bonds is 5. The van der Waals surface area contributed by atoms with Crippen LogP contribution in [-0.2, 0) is 4.79 Å². The van der Waals surface area contributed by atoms with Gasteiger partial charge in [-0.25, -0.2) is 9.97 Å². The van der Waals surface area contributed by atoms with E-state index in [0.29, 0.717) is 37.9 Å². The Morgan fingerprint density at radius 2 is 1.96 bits per heavy atom. The first kappa shape index (κ1) is 18.7. The van der Waals surface area contributed by atoms with Gasteiger partial charge in [-0.1, -0.05) is 12.1 Å². The predicted octanol–water partition coefficient (Wildman–Crippen LogP) is 2.68. The number of halogens is 1. The number of anilines is 1. The second kappa shape index (κ2) is 7.76. The van der Waals surface area contributed by atoms with Crippen LogP contribution in [0.4, 0.5) is 5.95 Å². The fourth-order valence-corrected chi connectivity index (χ4v) is 3.88. The van der Waals surface area contributed by atoms with Crippen molar-refractivity contribution in [1.29, 1.82) is 0 Å². The Labute approximate surface area is 170 Å². The van der Waals surface area contributed by atoms with Crippen molar-refractivity contribution in [2.75, 3.05) is 38.2 Å². The SMILES string of the molecule is COc1cccc2c([C@H](C(=O)O)N3CCN(c4ncc(Br)cn4)CC3)c[nH]c12. The van der Waals surface area contributed by atoms with Gasteiger partial charge in [0.1, 0.15) is 11.8 Å². The Morgan fingerprint density at radius 1 is 1.25 bits per heavy atom. The van der Waals surface area contributed by atoms with Crippen molar-refractivity contribution in [1.82, 2.24) is 19.9 Å². The van der Waals surface area contributed by atoms with Crippen LogP contribution in [0.2, 0.25) is 0 Å². The second-order valence-corrected chi connectivity index (χ2v) is 7.51. The van der Waals surface area contributed by atoms with E-state index in [1.54, 1.807) is 25.7 Å². The molecule has 0 unspecified atom stereocenters. The molecule has 0 saturated carbocycles. The molecule has 0 aliphatic carbocycles. The zero-order valence-electron chi connectivity index (χ0n) is 15.3. The first-order chi connectivity index (χ1) is 13.6. The minimum Gasteiger partial charge on any atom is -0.495 e. The molecule has 3 heterocycles. The summed E-state index contributed by atoms with van der Waals surface area (Å²) >= 11 is 3.34. The van der Waals surface area contributed by atoms with E-state index in [4.69, 9.17) is 4.74 Å². The number of ether oxygens (including phenoxy) is 1. The number of carboxylic acids is 1. The Morgan fingerprint density at radius 3 is 2.61 bits per heavy atom. The molecule has 0 radical (unpaired) electrons. The average molecular weight is 446 g/mol. The summed E-state index contributed by atoms with van der Waals surface area (Å²) in [5, 5.41) is 10.8. The summed E-state index contributed by atoms with van der Waals surface area (Å²) in [5.41, 5.74) is 1.56. The maximum absolute atomic E-state index is 12.2. The van der Waals surface area contributed by atoms with E-state index in [1.165, 1.54) is 0 Å². The third-order valence-corrected chi connectivity index (χ3v) is 5.44. The van der Waals surface area contributed by atoms with Crippen molar-refractivity contribution in [2.24, 2.45) is 0 Å². The molecule has 28 heavy (non-hydrogen) atoms. The Bertz CT molecular complexity index is 983. The van der Waals surface area contributed by atoms with Gasteiger partial charge in [0.05, 0.1) is 17.1 Å². The van der Waals surface area contributed by atoms with Gasteiger partial charge in [-0.3, -0.25) is 9.69 Å². The number of aromatic nitrogens is 3. The summed E-state index contributed by atoms with van der Waals surface area (Å²) in [5.74, 6) is 0.494. The third-order valence-electron chi connectivity index (χ3n) is 5.03. The van der Waals surface area contributed by atoms with Crippen LogP contribution in [0, 0.1) is 0 Å². The van der Waals surface area contributed by atoms with E-state index in [1.807, 2.05) is 23.1 Å². The molecule has 146 valence electrons. The van der Waals surface area contributed by atoms with Gasteiger partial charge < -0.3 is 19.7 Å². The lowest BCUT2D eigenvalue weighted by Crippen LogP contribution is -2.49. The molecule has 0 amide bonds. The molecule has 2 aromatic heterocycles. The molecule has 0 bridgehead atoms. The molecular formula is C19H20BrN5O3. The largest absolute Gasteiger partial charge is 0.495 e. The summed E-state index contributed by atoms with van der Waals surface area (Å²) in [6.45, 7) is 2.54. The van der Waals surface area contributed by atoms with Crippen LogP contribution in [0.25, 0.3) is 10.9 Å². The monoisotopic (exact) mass is 445 g/mol. The fourth-order valence-electron chi connectivity index (χ4n) is 3.68. The normalized spacial score (nSPS) is 16.3. The first-order valence-electron chi connectivity index (χ1n) is 8.92. The number of aliphatic carboxylic acids is 1. The number of benzene rings is 1. The number of hydrogen-bond donors (Lipinski definition) is 2. The summed E-state index contributed by atoms with van der Waals surface area (Å²) in [4.78, 5) is 28.0. The number of fused-ring (bicyclic) bond motifs is 1. The minimum atomic E-state index is -0.864. The van der Waals surface area contributed by atoms with Crippen molar-refractivity contribution in [3.8, 4) is 5.75 Å². The molecule has 1 aromatic carbocycles. The van der Waals surface area contributed by atoms with Gasteiger partial charge in [-0.2, -0.15) is 0 Å². The number of carbonyl (C=O) groups is 1. The van der Waals surface area contributed by atoms with Gasteiger partial charge in [-0.05, 0) is 22.0 Å². The topological polar surface area (TPSA) is 94.6 Å². The van der Waals surface area contributed by atoms with E-state index in [9.17, 15) is 9.90 Å². The molecule has 1 aliphatic heterocycles. The van der Waals surface area contributed by atoms with E-state index in [2.05, 4.69) is 35.8 Å². The maximum atomic E-state index is 12.2. The number of piperazine rings is 1. The van der Waals surface area contributed by atoms with Gasteiger partial charge in [0.15, 0.2) is 0 Å². The van der Waals surface area contributed by atoms with Crippen LogP contribution in [0.3, 0.4) is 0 Å². The molecular weight excluding hydrogens is 426 g/mol. The van der Waals surface area contributed by atoms with E-state index in [0.717, 1.165) is 20.9 Å². The van der Waals surface area contributed by atoms with Crippen LogP contribution in [0.5, 0.6) is 5.75 Å². The Hall–Kier alpha value is -2.65. The molecule has 9 heteroatoms. The van der Waals surface area contributed by atoms with Crippen LogP contribution in [0.1, 0.15) is 11.6 Å².